The van der Waals surface area contributed by atoms with Gasteiger partial charge >= 0.3 is 0 Å². The van der Waals surface area contributed by atoms with Crippen molar-refractivity contribution < 1.29 is 0 Å². The van der Waals surface area contributed by atoms with Crippen molar-refractivity contribution >= 4 is 11.7 Å². The number of rotatable bonds is 2. The van der Waals surface area contributed by atoms with Crippen LogP contribution in [0, 0.1) is 0 Å². The average Bonchev–Trinajstić information content (AvgIpc) is 2.81. The van der Waals surface area contributed by atoms with E-state index in [1.54, 1.807) is 0 Å². The lowest BCUT2D eigenvalue weighted by Gasteiger charge is -2.06. The third-order valence-corrected chi connectivity index (χ3v) is 3.29. The SMILES string of the molecule is CC(C)c1ccc(-c2cc(=O)n3c(N)n[nH]c3n2)cc1. The van der Waals surface area contributed by atoms with Crippen molar-refractivity contribution in [1.29, 1.82) is 0 Å². The molecule has 0 unspecified atom stereocenters. The van der Waals surface area contributed by atoms with E-state index in [1.807, 2.05) is 24.3 Å². The molecule has 20 heavy (non-hydrogen) atoms. The molecule has 3 aromatic rings. The van der Waals surface area contributed by atoms with Crippen LogP contribution in [-0.2, 0) is 0 Å². The summed E-state index contributed by atoms with van der Waals surface area (Å²) in [7, 11) is 0. The molecule has 2 heterocycles. The van der Waals surface area contributed by atoms with Gasteiger partial charge in [-0.05, 0) is 11.5 Å². The summed E-state index contributed by atoms with van der Waals surface area (Å²) in [6.45, 7) is 4.28. The Bertz CT molecular complexity index is 814. The summed E-state index contributed by atoms with van der Waals surface area (Å²) in [5, 5.41) is 6.43. The fraction of sp³-hybridized carbons (Fsp3) is 0.214. The molecule has 0 aliphatic heterocycles. The molecule has 0 fully saturated rings. The van der Waals surface area contributed by atoms with E-state index in [0.29, 0.717) is 17.4 Å². The number of nitrogens with zero attached hydrogens (tertiary/aromatic N) is 3. The molecule has 0 aliphatic rings. The van der Waals surface area contributed by atoms with E-state index in [-0.39, 0.29) is 11.5 Å². The van der Waals surface area contributed by atoms with Crippen molar-refractivity contribution in [2.75, 3.05) is 5.73 Å². The lowest BCUT2D eigenvalue weighted by Crippen LogP contribution is -2.15. The van der Waals surface area contributed by atoms with Crippen LogP contribution in [0.25, 0.3) is 17.0 Å². The third-order valence-electron chi connectivity index (χ3n) is 3.29. The molecule has 1 aromatic carbocycles. The van der Waals surface area contributed by atoms with E-state index in [2.05, 4.69) is 29.0 Å². The Balaban J connectivity index is 2.12. The Morgan fingerprint density at radius 2 is 1.95 bits per heavy atom. The first kappa shape index (κ1) is 12.4. The summed E-state index contributed by atoms with van der Waals surface area (Å²) in [6, 6.07) is 9.49. The largest absolute Gasteiger partial charge is 0.368 e. The Labute approximate surface area is 115 Å². The average molecular weight is 269 g/mol. The van der Waals surface area contributed by atoms with Crippen molar-refractivity contribution in [2.45, 2.75) is 19.8 Å². The molecule has 0 spiro atoms. The number of anilines is 1. The van der Waals surface area contributed by atoms with Gasteiger partial charge in [-0.25, -0.2) is 14.5 Å². The van der Waals surface area contributed by atoms with Gasteiger partial charge in [-0.15, -0.1) is 5.10 Å². The van der Waals surface area contributed by atoms with Gasteiger partial charge in [0.05, 0.1) is 5.69 Å². The number of hydrogen-bond donors (Lipinski definition) is 2. The number of nitrogens with two attached hydrogens (primary N) is 1. The highest BCUT2D eigenvalue weighted by molar-refractivity contribution is 5.61. The summed E-state index contributed by atoms with van der Waals surface area (Å²) in [4.78, 5) is 16.4. The van der Waals surface area contributed by atoms with Crippen LogP contribution in [0.1, 0.15) is 25.3 Å². The fourth-order valence-corrected chi connectivity index (χ4v) is 2.12. The lowest BCUT2D eigenvalue weighted by atomic mass is 10.0. The number of H-pyrrole nitrogens is 1. The number of aromatic amines is 1. The molecule has 3 rings (SSSR count). The van der Waals surface area contributed by atoms with Crippen molar-refractivity contribution in [3.63, 3.8) is 0 Å². The molecule has 0 saturated carbocycles. The zero-order chi connectivity index (χ0) is 14.3. The van der Waals surface area contributed by atoms with E-state index in [9.17, 15) is 4.79 Å². The van der Waals surface area contributed by atoms with Crippen LogP contribution in [0.3, 0.4) is 0 Å². The number of nitrogens with one attached hydrogen (secondary N) is 1. The second-order valence-corrected chi connectivity index (χ2v) is 5.00. The van der Waals surface area contributed by atoms with Crippen molar-refractivity contribution in [1.82, 2.24) is 19.6 Å². The van der Waals surface area contributed by atoms with E-state index < -0.39 is 0 Å². The molecule has 3 N–H and O–H groups in total. The molecule has 0 bridgehead atoms. The lowest BCUT2D eigenvalue weighted by molar-refractivity contribution is 0.867. The predicted octanol–water partition coefficient (Wildman–Crippen LogP) is 1.79. The number of benzene rings is 1. The maximum atomic E-state index is 12.0. The molecule has 6 heteroatoms. The summed E-state index contributed by atoms with van der Waals surface area (Å²) in [5.41, 5.74) is 8.10. The van der Waals surface area contributed by atoms with Gasteiger partial charge in [0.25, 0.3) is 5.56 Å². The van der Waals surface area contributed by atoms with Gasteiger partial charge in [-0.1, -0.05) is 38.1 Å². The van der Waals surface area contributed by atoms with E-state index in [1.165, 1.54) is 16.0 Å². The number of fused-ring (bicyclic) bond motifs is 1. The van der Waals surface area contributed by atoms with E-state index in [0.717, 1.165) is 5.56 Å². The van der Waals surface area contributed by atoms with Crippen LogP contribution in [0.5, 0.6) is 0 Å². The predicted molar refractivity (Wildman–Crippen MR) is 77.5 cm³/mol. The number of nitrogen functional groups attached to an aromatic ring is 1. The van der Waals surface area contributed by atoms with Crippen molar-refractivity contribution in [3.05, 3.63) is 46.2 Å². The first-order chi connectivity index (χ1) is 9.56. The van der Waals surface area contributed by atoms with Gasteiger partial charge in [0, 0.05) is 11.6 Å². The molecule has 0 aliphatic carbocycles. The number of hydrogen-bond acceptors (Lipinski definition) is 4. The molecular formula is C14H15N5O. The van der Waals surface area contributed by atoms with Crippen LogP contribution >= 0.6 is 0 Å². The zero-order valence-corrected chi connectivity index (χ0v) is 11.3. The highest BCUT2D eigenvalue weighted by Crippen LogP contribution is 2.20. The molecular weight excluding hydrogens is 254 g/mol. The van der Waals surface area contributed by atoms with Gasteiger partial charge in [-0.3, -0.25) is 4.79 Å². The summed E-state index contributed by atoms with van der Waals surface area (Å²) < 4.78 is 1.24. The highest BCUT2D eigenvalue weighted by atomic mass is 16.1. The van der Waals surface area contributed by atoms with Crippen molar-refractivity contribution in [2.24, 2.45) is 0 Å². The zero-order valence-electron chi connectivity index (χ0n) is 11.3. The van der Waals surface area contributed by atoms with Gasteiger partial charge in [0.1, 0.15) is 0 Å². The maximum absolute atomic E-state index is 12.0. The van der Waals surface area contributed by atoms with Crippen LogP contribution in [0.15, 0.2) is 35.1 Å². The summed E-state index contributed by atoms with van der Waals surface area (Å²) in [5.74, 6) is 0.926. The van der Waals surface area contributed by atoms with Gasteiger partial charge in [0.2, 0.25) is 11.7 Å². The third kappa shape index (κ3) is 1.95. The molecule has 0 amide bonds. The van der Waals surface area contributed by atoms with E-state index >= 15 is 0 Å². The van der Waals surface area contributed by atoms with Crippen LogP contribution < -0.4 is 11.3 Å². The number of aromatic nitrogens is 4. The smallest absolute Gasteiger partial charge is 0.262 e. The second kappa shape index (κ2) is 4.48. The molecule has 0 radical (unpaired) electrons. The topological polar surface area (TPSA) is 89.1 Å². The van der Waals surface area contributed by atoms with Crippen LogP contribution in [0.4, 0.5) is 5.95 Å². The molecule has 102 valence electrons. The molecule has 0 saturated heterocycles. The maximum Gasteiger partial charge on any atom is 0.262 e. The standard InChI is InChI=1S/C14H15N5O/c1-8(2)9-3-5-10(6-4-9)11-7-12(20)19-13(15)17-18-14(19)16-11/h3-8H,1-2H3,(H2,15,17)(H,16,18). The van der Waals surface area contributed by atoms with Crippen molar-refractivity contribution in [3.8, 4) is 11.3 Å². The second-order valence-electron chi connectivity index (χ2n) is 5.00. The quantitative estimate of drug-likeness (QED) is 0.742. The van der Waals surface area contributed by atoms with Crippen LogP contribution in [-0.4, -0.2) is 19.6 Å². The Morgan fingerprint density at radius 3 is 2.60 bits per heavy atom. The van der Waals surface area contributed by atoms with Gasteiger partial charge in [0.15, 0.2) is 0 Å². The molecule has 2 aromatic heterocycles. The van der Waals surface area contributed by atoms with E-state index in [4.69, 9.17) is 5.73 Å². The summed E-state index contributed by atoms with van der Waals surface area (Å²) >= 11 is 0. The first-order valence-electron chi connectivity index (χ1n) is 6.40. The first-order valence-corrected chi connectivity index (χ1v) is 6.40. The summed E-state index contributed by atoms with van der Waals surface area (Å²) in [6.07, 6.45) is 0. The molecule has 6 nitrogen and oxygen atoms in total. The Morgan fingerprint density at radius 1 is 1.25 bits per heavy atom. The Hall–Kier alpha value is -2.63. The van der Waals surface area contributed by atoms with Gasteiger partial charge in [-0.2, -0.15) is 0 Å². The fourth-order valence-electron chi connectivity index (χ4n) is 2.12. The normalized spacial score (nSPS) is 11.3. The van der Waals surface area contributed by atoms with Crippen LogP contribution in [0.2, 0.25) is 0 Å². The minimum atomic E-state index is -0.246. The monoisotopic (exact) mass is 269 g/mol. The minimum Gasteiger partial charge on any atom is -0.368 e. The van der Waals surface area contributed by atoms with Gasteiger partial charge < -0.3 is 5.73 Å². The molecule has 0 atom stereocenters. The highest BCUT2D eigenvalue weighted by Gasteiger charge is 2.09. The minimum absolute atomic E-state index is 0.110. The Kier molecular flexibility index (Phi) is 2.78.